The molecule has 3 aromatic rings. The predicted octanol–water partition coefficient (Wildman–Crippen LogP) is 4.83. The first kappa shape index (κ1) is 15.4. The van der Waals surface area contributed by atoms with Crippen molar-refractivity contribution in [1.82, 2.24) is 4.90 Å². The van der Waals surface area contributed by atoms with Gasteiger partial charge in [-0.15, -0.1) is 11.3 Å². The zero-order chi connectivity index (χ0) is 16.2. The third kappa shape index (κ3) is 3.48. The number of rotatable bonds is 4. The quantitative estimate of drug-likeness (QED) is 0.673. The summed E-state index contributed by atoms with van der Waals surface area (Å²) in [5, 5.41) is 1.92. The smallest absolute Gasteiger partial charge is 0.264 e. The molecule has 0 radical (unpaired) electrons. The fourth-order valence-electron chi connectivity index (χ4n) is 2.47. The van der Waals surface area contributed by atoms with Crippen LogP contribution in [0, 0.1) is 5.82 Å². The number of benzene rings is 2. The summed E-state index contributed by atoms with van der Waals surface area (Å²) in [4.78, 5) is 15.1. The summed E-state index contributed by atoms with van der Waals surface area (Å²) in [6.45, 7) is 0.378. The highest BCUT2D eigenvalue weighted by Crippen LogP contribution is 2.29. The number of carbonyl (C=O) groups excluding carboxylic acids is 1. The number of carbonyl (C=O) groups is 1. The molecule has 116 valence electrons. The second-order valence-corrected chi connectivity index (χ2v) is 6.24. The van der Waals surface area contributed by atoms with Gasteiger partial charge in [0, 0.05) is 19.2 Å². The summed E-state index contributed by atoms with van der Waals surface area (Å²) in [7, 11) is 1.74. The lowest BCUT2D eigenvalue weighted by molar-refractivity contribution is 0.0790. The van der Waals surface area contributed by atoms with Gasteiger partial charge in [0.15, 0.2) is 0 Å². The predicted molar refractivity (Wildman–Crippen MR) is 92.0 cm³/mol. The molecule has 0 N–H and O–H groups in total. The molecule has 0 unspecified atom stereocenters. The van der Waals surface area contributed by atoms with Gasteiger partial charge in [-0.05, 0) is 34.7 Å². The molecule has 4 heteroatoms. The standard InChI is InChI=1S/C19H16FNOS/c1-21(13-14-6-5-9-16(20)12-14)19(22)18-17(10-11-23-18)15-7-3-2-4-8-15/h2-12H,13H2,1H3. The number of nitrogens with zero attached hydrogens (tertiary/aromatic N) is 1. The Hall–Kier alpha value is -2.46. The third-order valence-electron chi connectivity index (χ3n) is 3.60. The molecule has 0 saturated carbocycles. The Balaban J connectivity index is 1.82. The molecular weight excluding hydrogens is 309 g/mol. The van der Waals surface area contributed by atoms with Crippen molar-refractivity contribution in [2.75, 3.05) is 7.05 Å². The lowest BCUT2D eigenvalue weighted by Crippen LogP contribution is -2.25. The van der Waals surface area contributed by atoms with E-state index in [1.54, 1.807) is 18.0 Å². The first-order valence-corrected chi connectivity index (χ1v) is 8.16. The van der Waals surface area contributed by atoms with Crippen LogP contribution in [0.2, 0.25) is 0 Å². The van der Waals surface area contributed by atoms with Gasteiger partial charge in [-0.2, -0.15) is 0 Å². The highest BCUT2D eigenvalue weighted by Gasteiger charge is 2.18. The second-order valence-electron chi connectivity index (χ2n) is 5.32. The van der Waals surface area contributed by atoms with Crippen LogP contribution in [0.1, 0.15) is 15.2 Å². The van der Waals surface area contributed by atoms with Gasteiger partial charge in [-0.25, -0.2) is 4.39 Å². The van der Waals surface area contributed by atoms with Crippen LogP contribution < -0.4 is 0 Å². The maximum absolute atomic E-state index is 13.3. The molecular formula is C19H16FNOS. The van der Waals surface area contributed by atoms with Gasteiger partial charge in [0.1, 0.15) is 5.82 Å². The molecule has 0 atom stereocenters. The topological polar surface area (TPSA) is 20.3 Å². The minimum absolute atomic E-state index is 0.0527. The maximum atomic E-state index is 13.3. The van der Waals surface area contributed by atoms with Gasteiger partial charge >= 0.3 is 0 Å². The van der Waals surface area contributed by atoms with Gasteiger partial charge in [0.05, 0.1) is 4.88 Å². The Labute approximate surface area is 138 Å². The zero-order valence-corrected chi connectivity index (χ0v) is 13.5. The molecule has 0 fully saturated rings. The van der Waals surface area contributed by atoms with E-state index in [9.17, 15) is 9.18 Å². The van der Waals surface area contributed by atoms with Crippen LogP contribution in [0.15, 0.2) is 66.0 Å². The van der Waals surface area contributed by atoms with Gasteiger partial charge in [0.25, 0.3) is 5.91 Å². The van der Waals surface area contributed by atoms with Crippen LogP contribution in [0.4, 0.5) is 4.39 Å². The molecule has 23 heavy (non-hydrogen) atoms. The van der Waals surface area contributed by atoms with E-state index in [4.69, 9.17) is 0 Å². The molecule has 0 bridgehead atoms. The van der Waals surface area contributed by atoms with Crippen molar-refractivity contribution in [2.24, 2.45) is 0 Å². The van der Waals surface area contributed by atoms with Gasteiger partial charge in [0.2, 0.25) is 0 Å². The summed E-state index contributed by atoms with van der Waals surface area (Å²) in [6, 6.07) is 18.1. The minimum atomic E-state index is -0.288. The van der Waals surface area contributed by atoms with Crippen LogP contribution in [0.3, 0.4) is 0 Å². The zero-order valence-electron chi connectivity index (χ0n) is 12.7. The largest absolute Gasteiger partial charge is 0.337 e. The molecule has 0 saturated heterocycles. The molecule has 0 aliphatic heterocycles. The highest BCUT2D eigenvalue weighted by atomic mass is 32.1. The first-order valence-electron chi connectivity index (χ1n) is 7.28. The number of hydrogen-bond acceptors (Lipinski definition) is 2. The average molecular weight is 325 g/mol. The first-order chi connectivity index (χ1) is 11.1. The summed E-state index contributed by atoms with van der Waals surface area (Å²) < 4.78 is 13.3. The maximum Gasteiger partial charge on any atom is 0.264 e. The number of thiophene rings is 1. The minimum Gasteiger partial charge on any atom is -0.337 e. The Kier molecular flexibility index (Phi) is 4.53. The summed E-state index contributed by atoms with van der Waals surface area (Å²) in [6.07, 6.45) is 0. The van der Waals surface area contributed by atoms with E-state index >= 15 is 0 Å². The number of halogens is 1. The summed E-state index contributed by atoms with van der Waals surface area (Å²) >= 11 is 1.43. The molecule has 0 spiro atoms. The van der Waals surface area contributed by atoms with Crippen molar-refractivity contribution in [1.29, 1.82) is 0 Å². The van der Waals surface area contributed by atoms with Crippen LogP contribution in [0.25, 0.3) is 11.1 Å². The lowest BCUT2D eigenvalue weighted by Gasteiger charge is -2.17. The van der Waals surface area contributed by atoms with Gasteiger partial charge in [-0.3, -0.25) is 4.79 Å². The van der Waals surface area contributed by atoms with Crippen molar-refractivity contribution in [3.05, 3.63) is 82.3 Å². The van der Waals surface area contributed by atoms with Gasteiger partial charge in [-0.1, -0.05) is 42.5 Å². The van der Waals surface area contributed by atoms with Gasteiger partial charge < -0.3 is 4.90 Å². The van der Waals surface area contributed by atoms with Crippen molar-refractivity contribution in [3.8, 4) is 11.1 Å². The van der Waals surface area contributed by atoms with E-state index in [1.807, 2.05) is 47.8 Å². The summed E-state index contributed by atoms with van der Waals surface area (Å²) in [5.41, 5.74) is 2.74. The number of hydrogen-bond donors (Lipinski definition) is 0. The van der Waals surface area contributed by atoms with E-state index < -0.39 is 0 Å². The van der Waals surface area contributed by atoms with Crippen molar-refractivity contribution < 1.29 is 9.18 Å². The molecule has 0 aliphatic rings. The SMILES string of the molecule is CN(Cc1cccc(F)c1)C(=O)c1sccc1-c1ccccc1. The Morgan fingerprint density at radius 1 is 1.09 bits per heavy atom. The van der Waals surface area contributed by atoms with Crippen molar-refractivity contribution in [3.63, 3.8) is 0 Å². The fraction of sp³-hybridized carbons (Fsp3) is 0.105. The molecule has 3 rings (SSSR count). The number of amides is 1. The van der Waals surface area contributed by atoms with E-state index in [0.717, 1.165) is 16.7 Å². The Bertz CT molecular complexity index is 813. The van der Waals surface area contributed by atoms with E-state index in [2.05, 4.69) is 0 Å². The third-order valence-corrected chi connectivity index (χ3v) is 4.50. The van der Waals surface area contributed by atoms with Crippen LogP contribution in [-0.4, -0.2) is 17.9 Å². The molecule has 1 aromatic heterocycles. The molecule has 1 amide bonds. The molecule has 0 aliphatic carbocycles. The second kappa shape index (κ2) is 6.75. The van der Waals surface area contributed by atoms with Crippen LogP contribution in [-0.2, 0) is 6.54 Å². The van der Waals surface area contributed by atoms with E-state index in [-0.39, 0.29) is 11.7 Å². The van der Waals surface area contributed by atoms with Crippen molar-refractivity contribution in [2.45, 2.75) is 6.54 Å². The fourth-order valence-corrected chi connectivity index (χ4v) is 3.38. The van der Waals surface area contributed by atoms with Crippen LogP contribution >= 0.6 is 11.3 Å². The highest BCUT2D eigenvalue weighted by molar-refractivity contribution is 7.12. The lowest BCUT2D eigenvalue weighted by atomic mass is 10.1. The Morgan fingerprint density at radius 3 is 2.61 bits per heavy atom. The van der Waals surface area contributed by atoms with E-state index in [0.29, 0.717) is 11.4 Å². The summed E-state index contributed by atoms with van der Waals surface area (Å²) in [5.74, 6) is -0.340. The van der Waals surface area contributed by atoms with E-state index in [1.165, 1.54) is 23.5 Å². The van der Waals surface area contributed by atoms with Crippen LogP contribution in [0.5, 0.6) is 0 Å². The normalized spacial score (nSPS) is 10.5. The molecule has 2 aromatic carbocycles. The van der Waals surface area contributed by atoms with Crippen molar-refractivity contribution >= 4 is 17.2 Å². The molecule has 1 heterocycles. The average Bonchev–Trinajstić information content (AvgIpc) is 3.04. The Morgan fingerprint density at radius 2 is 1.87 bits per heavy atom. The monoisotopic (exact) mass is 325 g/mol. The molecule has 2 nitrogen and oxygen atoms in total.